The molecule has 2 atom stereocenters. The van der Waals surface area contributed by atoms with Gasteiger partial charge in [0.05, 0.1) is 0 Å². The van der Waals surface area contributed by atoms with Crippen LogP contribution in [0.5, 0.6) is 5.75 Å². The summed E-state index contributed by atoms with van der Waals surface area (Å²) in [6.07, 6.45) is 0.847. The third-order valence-corrected chi connectivity index (χ3v) is 3.88. The van der Waals surface area contributed by atoms with Gasteiger partial charge in [-0.2, -0.15) is 0 Å². The number of aryl methyl sites for hydroxylation is 1. The van der Waals surface area contributed by atoms with Gasteiger partial charge in [0.15, 0.2) is 11.9 Å². The smallest absolute Gasteiger partial charge is 0.169 e. The molecule has 0 saturated heterocycles. The Labute approximate surface area is 127 Å². The second kappa shape index (κ2) is 6.18. The molecule has 1 aromatic rings. The monoisotopic (exact) mass is 290 g/mol. The summed E-state index contributed by atoms with van der Waals surface area (Å²) < 4.78 is 11.6. The van der Waals surface area contributed by atoms with Crippen molar-refractivity contribution in [2.45, 2.75) is 65.1 Å². The molecule has 116 valence electrons. The van der Waals surface area contributed by atoms with E-state index >= 15 is 0 Å². The molecule has 21 heavy (non-hydrogen) atoms. The molecule has 3 heteroatoms. The molecule has 0 spiro atoms. The number of hydrogen-bond donors (Lipinski definition) is 0. The largest absolute Gasteiger partial charge is 0.486 e. The molecule has 0 radical (unpaired) electrons. The molecule has 1 aromatic carbocycles. The lowest BCUT2D eigenvalue weighted by Gasteiger charge is -2.35. The van der Waals surface area contributed by atoms with Gasteiger partial charge in [-0.25, -0.2) is 0 Å². The number of carbonyl (C=O) groups excluding carboxylic acids is 1. The predicted octanol–water partition coefficient (Wildman–Crippen LogP) is 3.81. The highest BCUT2D eigenvalue weighted by Crippen LogP contribution is 2.31. The van der Waals surface area contributed by atoms with E-state index in [0.29, 0.717) is 13.0 Å². The van der Waals surface area contributed by atoms with Crippen LogP contribution in [0, 0.1) is 6.92 Å². The summed E-state index contributed by atoms with van der Waals surface area (Å²) in [6.45, 7) is 11.3. The quantitative estimate of drug-likeness (QED) is 0.827. The maximum absolute atomic E-state index is 11.6. The zero-order valence-corrected chi connectivity index (χ0v) is 13.7. The molecule has 1 aliphatic carbocycles. The number of benzene rings is 1. The highest BCUT2D eigenvalue weighted by Gasteiger charge is 2.42. The molecule has 0 amide bonds. The van der Waals surface area contributed by atoms with Crippen molar-refractivity contribution in [3.63, 3.8) is 0 Å². The lowest BCUT2D eigenvalue weighted by Crippen LogP contribution is -2.52. The number of ether oxygens (including phenoxy) is 2. The first kappa shape index (κ1) is 16.0. The molecule has 3 nitrogen and oxygen atoms in total. The Bertz CT molecular complexity index is 514. The summed E-state index contributed by atoms with van der Waals surface area (Å²) in [5.41, 5.74) is 2.52. The Hall–Kier alpha value is -1.35. The van der Waals surface area contributed by atoms with E-state index in [1.165, 1.54) is 5.56 Å². The minimum atomic E-state index is -0.383. The summed E-state index contributed by atoms with van der Waals surface area (Å²) in [6, 6.07) is 6.28. The SMILES string of the molecule is CCCOC1C(=O)CC1Oc1ccc(C(C)(C)C)cc1C. The molecule has 2 rings (SSSR count). The van der Waals surface area contributed by atoms with Crippen molar-refractivity contribution in [1.29, 1.82) is 0 Å². The first-order valence-corrected chi connectivity index (χ1v) is 7.75. The van der Waals surface area contributed by atoms with Gasteiger partial charge in [-0.1, -0.05) is 39.8 Å². The average Bonchev–Trinajstić information content (AvgIpc) is 2.39. The maximum atomic E-state index is 11.6. The zero-order chi connectivity index (χ0) is 15.6. The molecule has 0 bridgehead atoms. The van der Waals surface area contributed by atoms with Crippen LogP contribution in [0.2, 0.25) is 0 Å². The Morgan fingerprint density at radius 1 is 1.29 bits per heavy atom. The summed E-state index contributed by atoms with van der Waals surface area (Å²) in [4.78, 5) is 11.6. The molecule has 0 heterocycles. The van der Waals surface area contributed by atoms with Crippen molar-refractivity contribution < 1.29 is 14.3 Å². The van der Waals surface area contributed by atoms with Crippen LogP contribution in [-0.4, -0.2) is 24.6 Å². The molecule has 1 fully saturated rings. The van der Waals surface area contributed by atoms with Crippen molar-refractivity contribution in [3.8, 4) is 5.75 Å². The Morgan fingerprint density at radius 2 is 2.00 bits per heavy atom. The van der Waals surface area contributed by atoms with Gasteiger partial charge in [0.25, 0.3) is 0 Å². The lowest BCUT2D eigenvalue weighted by molar-refractivity contribution is -0.154. The van der Waals surface area contributed by atoms with Crippen molar-refractivity contribution in [2.75, 3.05) is 6.61 Å². The maximum Gasteiger partial charge on any atom is 0.169 e. The first-order valence-electron chi connectivity index (χ1n) is 7.75. The molecule has 1 saturated carbocycles. The summed E-state index contributed by atoms with van der Waals surface area (Å²) in [5, 5.41) is 0. The van der Waals surface area contributed by atoms with E-state index in [-0.39, 0.29) is 23.4 Å². The van der Waals surface area contributed by atoms with Gasteiger partial charge < -0.3 is 9.47 Å². The van der Waals surface area contributed by atoms with Gasteiger partial charge >= 0.3 is 0 Å². The third-order valence-electron chi connectivity index (χ3n) is 3.88. The summed E-state index contributed by atoms with van der Waals surface area (Å²) >= 11 is 0. The van der Waals surface area contributed by atoms with Crippen molar-refractivity contribution in [3.05, 3.63) is 29.3 Å². The molecule has 2 unspecified atom stereocenters. The van der Waals surface area contributed by atoms with Crippen molar-refractivity contribution in [1.82, 2.24) is 0 Å². The second-order valence-corrected chi connectivity index (χ2v) is 6.85. The standard InChI is InChI=1S/C18H26O3/c1-6-9-20-17-14(19)11-16(17)21-15-8-7-13(10-12(15)2)18(3,4)5/h7-8,10,16-17H,6,9,11H2,1-5H3. The molecule has 0 aliphatic heterocycles. The van der Waals surface area contributed by atoms with Gasteiger partial charge in [-0.3, -0.25) is 4.79 Å². The molecular formula is C18H26O3. The molecule has 1 aliphatic rings. The van der Waals surface area contributed by atoms with Crippen LogP contribution in [0.25, 0.3) is 0 Å². The Balaban J connectivity index is 2.05. The summed E-state index contributed by atoms with van der Waals surface area (Å²) in [7, 11) is 0. The van der Waals surface area contributed by atoms with Gasteiger partial charge in [0.1, 0.15) is 11.9 Å². The minimum Gasteiger partial charge on any atom is -0.486 e. The van der Waals surface area contributed by atoms with Gasteiger partial charge in [0.2, 0.25) is 0 Å². The normalized spacial score (nSPS) is 22.0. The van der Waals surface area contributed by atoms with E-state index in [4.69, 9.17) is 9.47 Å². The van der Waals surface area contributed by atoms with E-state index in [0.717, 1.165) is 17.7 Å². The first-order chi connectivity index (χ1) is 9.82. The van der Waals surface area contributed by atoms with Gasteiger partial charge in [-0.05, 0) is 36.0 Å². The molecule has 0 N–H and O–H groups in total. The predicted molar refractivity (Wildman–Crippen MR) is 84.0 cm³/mol. The Morgan fingerprint density at radius 3 is 2.52 bits per heavy atom. The highest BCUT2D eigenvalue weighted by molar-refractivity contribution is 5.90. The van der Waals surface area contributed by atoms with E-state index in [1.54, 1.807) is 0 Å². The van der Waals surface area contributed by atoms with Crippen LogP contribution in [0.4, 0.5) is 0 Å². The van der Waals surface area contributed by atoms with Crippen LogP contribution in [0.3, 0.4) is 0 Å². The topological polar surface area (TPSA) is 35.5 Å². The van der Waals surface area contributed by atoms with Crippen LogP contribution < -0.4 is 4.74 Å². The molecule has 0 aromatic heterocycles. The Kier molecular flexibility index (Phi) is 4.72. The van der Waals surface area contributed by atoms with E-state index in [9.17, 15) is 4.79 Å². The number of hydrogen-bond acceptors (Lipinski definition) is 3. The average molecular weight is 290 g/mol. The van der Waals surface area contributed by atoms with E-state index < -0.39 is 0 Å². The van der Waals surface area contributed by atoms with Crippen LogP contribution in [-0.2, 0) is 14.9 Å². The van der Waals surface area contributed by atoms with Crippen LogP contribution in [0.15, 0.2) is 18.2 Å². The second-order valence-electron chi connectivity index (χ2n) is 6.85. The lowest BCUT2D eigenvalue weighted by atomic mass is 9.86. The minimum absolute atomic E-state index is 0.127. The number of Topliss-reactive ketones (excluding diaryl/α,β-unsaturated/α-hetero) is 1. The van der Waals surface area contributed by atoms with Crippen molar-refractivity contribution in [2.24, 2.45) is 0 Å². The third kappa shape index (κ3) is 3.65. The summed E-state index contributed by atoms with van der Waals surface area (Å²) in [5.74, 6) is 1.00. The number of rotatable bonds is 5. The fourth-order valence-electron chi connectivity index (χ4n) is 2.43. The zero-order valence-electron chi connectivity index (χ0n) is 13.7. The van der Waals surface area contributed by atoms with Gasteiger partial charge in [-0.15, -0.1) is 0 Å². The van der Waals surface area contributed by atoms with Gasteiger partial charge in [0, 0.05) is 13.0 Å². The van der Waals surface area contributed by atoms with Crippen LogP contribution >= 0.6 is 0 Å². The fourth-order valence-corrected chi connectivity index (χ4v) is 2.43. The number of ketones is 1. The van der Waals surface area contributed by atoms with E-state index in [1.807, 2.05) is 19.9 Å². The highest BCUT2D eigenvalue weighted by atomic mass is 16.5. The van der Waals surface area contributed by atoms with Crippen LogP contribution in [0.1, 0.15) is 51.7 Å². The fraction of sp³-hybridized carbons (Fsp3) is 0.611. The molecular weight excluding hydrogens is 264 g/mol. The van der Waals surface area contributed by atoms with Crippen molar-refractivity contribution >= 4 is 5.78 Å². The number of carbonyl (C=O) groups is 1. The van der Waals surface area contributed by atoms with E-state index in [2.05, 4.69) is 32.9 Å².